The third-order valence-corrected chi connectivity index (χ3v) is 14.3. The number of hydrogen-bond donors (Lipinski definition) is 1. The second kappa shape index (κ2) is 9.03. The Morgan fingerprint density at radius 3 is 2.30 bits per heavy atom. The second-order valence-electron chi connectivity index (χ2n) is 12.1. The summed E-state index contributed by atoms with van der Waals surface area (Å²) < 4.78 is 48.8. The predicted octanol–water partition coefficient (Wildman–Crippen LogP) is 5.43. The molecule has 0 amide bonds. The van der Waals surface area contributed by atoms with Gasteiger partial charge in [-0.15, -0.1) is 0 Å². The van der Waals surface area contributed by atoms with Crippen molar-refractivity contribution >= 4 is 29.2 Å². The summed E-state index contributed by atoms with van der Waals surface area (Å²) in [7, 11) is -5.87. The van der Waals surface area contributed by atoms with E-state index in [1.807, 2.05) is 50.2 Å². The number of nitrogens with zero attached hydrogens (tertiary/aromatic N) is 1. The summed E-state index contributed by atoms with van der Waals surface area (Å²) in [4.78, 5) is 0.244. The molecule has 0 unspecified atom stereocenters. The summed E-state index contributed by atoms with van der Waals surface area (Å²) in [6.45, 7) is 15.4. The van der Waals surface area contributed by atoms with Gasteiger partial charge in [0.25, 0.3) is 10.0 Å². The van der Waals surface area contributed by atoms with Gasteiger partial charge in [0.05, 0.1) is 34.8 Å². The summed E-state index contributed by atoms with van der Waals surface area (Å²) in [6.07, 6.45) is -0.632. The Hall–Kier alpha value is -2.01. The van der Waals surface area contributed by atoms with Crippen LogP contribution in [0.1, 0.15) is 46.4 Å². The zero-order chi connectivity index (χ0) is 26.8. The third kappa shape index (κ3) is 4.70. The van der Waals surface area contributed by atoms with E-state index in [1.54, 1.807) is 24.3 Å². The Labute approximate surface area is 221 Å². The van der Waals surface area contributed by atoms with E-state index in [2.05, 4.69) is 39.2 Å². The SMILES string of the molecule is CC1(C)O[C@@H]2[C@H](O1)[C@@H](CO[Si](C)(C)C(C)(C)C)N[C@H]2c1cc2ccccc2n1S(=O)(=O)c1ccccc1. The Morgan fingerprint density at radius 2 is 1.62 bits per heavy atom. The van der Waals surface area contributed by atoms with Gasteiger partial charge < -0.3 is 13.9 Å². The number of para-hydroxylation sites is 1. The monoisotopic (exact) mass is 542 g/mol. The molecule has 2 saturated heterocycles. The van der Waals surface area contributed by atoms with Crippen molar-refractivity contribution in [2.24, 2.45) is 0 Å². The van der Waals surface area contributed by atoms with Gasteiger partial charge in [0.2, 0.25) is 0 Å². The highest BCUT2D eigenvalue weighted by Gasteiger charge is 2.56. The van der Waals surface area contributed by atoms with E-state index in [-0.39, 0.29) is 28.2 Å². The molecule has 9 heteroatoms. The van der Waals surface area contributed by atoms with Crippen LogP contribution < -0.4 is 5.32 Å². The first kappa shape index (κ1) is 26.6. The lowest BCUT2D eigenvalue weighted by atomic mass is 10.1. The number of rotatable bonds is 6. The van der Waals surface area contributed by atoms with E-state index in [9.17, 15) is 8.42 Å². The van der Waals surface area contributed by atoms with E-state index < -0.39 is 30.2 Å². The van der Waals surface area contributed by atoms with Gasteiger partial charge in [-0.25, -0.2) is 12.4 Å². The van der Waals surface area contributed by atoms with Crippen LogP contribution in [0.3, 0.4) is 0 Å². The molecule has 0 bridgehead atoms. The fourth-order valence-electron chi connectivity index (χ4n) is 5.05. The summed E-state index contributed by atoms with van der Waals surface area (Å²) in [5.74, 6) is -0.778. The summed E-state index contributed by atoms with van der Waals surface area (Å²) in [5, 5.41) is 4.59. The van der Waals surface area contributed by atoms with E-state index in [0.29, 0.717) is 17.8 Å². The topological polar surface area (TPSA) is 78.8 Å². The van der Waals surface area contributed by atoms with Crippen LogP contribution in [-0.4, -0.2) is 51.4 Å². The molecule has 2 aliphatic heterocycles. The molecule has 1 N–H and O–H groups in total. The summed E-state index contributed by atoms with van der Waals surface area (Å²) >= 11 is 0. The first-order valence-corrected chi connectivity index (χ1v) is 17.2. The van der Waals surface area contributed by atoms with E-state index in [0.717, 1.165) is 5.39 Å². The predicted molar refractivity (Wildman–Crippen MR) is 148 cm³/mol. The number of ether oxygens (including phenoxy) is 2. The normalized spacial score (nSPS) is 26.0. The maximum absolute atomic E-state index is 14.0. The zero-order valence-corrected chi connectivity index (χ0v) is 24.5. The quantitative estimate of drug-likeness (QED) is 0.418. The van der Waals surface area contributed by atoms with Crippen molar-refractivity contribution in [3.63, 3.8) is 0 Å². The molecular formula is C28H38N2O5SSi. The van der Waals surface area contributed by atoms with Crippen molar-refractivity contribution < 1.29 is 22.3 Å². The van der Waals surface area contributed by atoms with Gasteiger partial charge in [-0.2, -0.15) is 0 Å². The molecule has 0 saturated carbocycles. The van der Waals surface area contributed by atoms with Crippen molar-refractivity contribution in [3.8, 4) is 0 Å². The minimum absolute atomic E-state index is 0.0763. The Bertz CT molecular complexity index is 1390. The van der Waals surface area contributed by atoms with Crippen LogP contribution in [0.4, 0.5) is 0 Å². The van der Waals surface area contributed by atoms with Crippen LogP contribution in [0.15, 0.2) is 65.6 Å². The Kier molecular flexibility index (Phi) is 6.49. The summed E-state index contributed by atoms with van der Waals surface area (Å²) in [5.41, 5.74) is 1.27. The van der Waals surface area contributed by atoms with Gasteiger partial charge in [0.15, 0.2) is 14.1 Å². The van der Waals surface area contributed by atoms with E-state index in [1.165, 1.54) is 3.97 Å². The van der Waals surface area contributed by atoms with Crippen LogP contribution in [0.2, 0.25) is 18.1 Å². The maximum atomic E-state index is 14.0. The lowest BCUT2D eigenvalue weighted by Crippen LogP contribution is -2.47. The largest absolute Gasteiger partial charge is 0.415 e. The molecule has 1 aromatic heterocycles. The fourth-order valence-corrected chi connectivity index (χ4v) is 7.66. The molecule has 0 aliphatic carbocycles. The number of nitrogens with one attached hydrogen (secondary N) is 1. The number of fused-ring (bicyclic) bond motifs is 2. The number of benzene rings is 2. The van der Waals surface area contributed by atoms with Crippen LogP contribution in [0, 0.1) is 0 Å². The second-order valence-corrected chi connectivity index (χ2v) is 18.7. The van der Waals surface area contributed by atoms with Crippen molar-refractivity contribution in [3.05, 3.63) is 66.4 Å². The molecule has 7 nitrogen and oxygen atoms in total. The van der Waals surface area contributed by atoms with Gasteiger partial charge in [-0.1, -0.05) is 57.2 Å². The van der Waals surface area contributed by atoms with Gasteiger partial charge in [-0.05, 0) is 56.2 Å². The van der Waals surface area contributed by atoms with Crippen molar-refractivity contribution in [1.82, 2.24) is 9.29 Å². The molecule has 200 valence electrons. The van der Waals surface area contributed by atoms with Gasteiger partial charge in [0, 0.05) is 5.39 Å². The van der Waals surface area contributed by atoms with Gasteiger partial charge in [-0.3, -0.25) is 5.32 Å². The minimum atomic E-state index is -3.86. The average molecular weight is 543 g/mol. The molecule has 3 aromatic rings. The molecule has 37 heavy (non-hydrogen) atoms. The maximum Gasteiger partial charge on any atom is 0.268 e. The van der Waals surface area contributed by atoms with Crippen molar-refractivity contribution in [1.29, 1.82) is 0 Å². The number of hydrogen-bond acceptors (Lipinski definition) is 6. The standard InChI is InChI=1S/C28H38N2O5SSi/c1-27(2,3)37(6,7)33-18-21-25-26(35-28(4,5)34-25)24(29-21)23-17-19-13-11-12-16-22(19)30(23)36(31,32)20-14-9-8-10-15-20/h8-17,21,24-26,29H,18H2,1-7H3/t21-,24+,25-,26+/m1/s1. The zero-order valence-electron chi connectivity index (χ0n) is 22.7. The minimum Gasteiger partial charge on any atom is -0.415 e. The molecule has 0 spiro atoms. The highest BCUT2D eigenvalue weighted by atomic mass is 32.2. The molecule has 2 aromatic carbocycles. The van der Waals surface area contributed by atoms with Crippen LogP contribution in [0.25, 0.3) is 10.9 Å². The molecule has 2 aliphatic rings. The molecule has 4 atom stereocenters. The average Bonchev–Trinajstić information content (AvgIpc) is 3.46. The van der Waals surface area contributed by atoms with E-state index in [4.69, 9.17) is 13.9 Å². The highest BCUT2D eigenvalue weighted by molar-refractivity contribution is 7.90. The summed E-state index contributed by atoms with van der Waals surface area (Å²) in [6, 6.07) is 17.6. The van der Waals surface area contributed by atoms with Crippen LogP contribution in [-0.2, 0) is 23.9 Å². The van der Waals surface area contributed by atoms with Crippen LogP contribution >= 0.6 is 0 Å². The molecule has 3 heterocycles. The van der Waals surface area contributed by atoms with Crippen molar-refractivity contribution in [2.45, 2.75) is 87.7 Å². The first-order chi connectivity index (χ1) is 17.2. The highest BCUT2D eigenvalue weighted by Crippen LogP contribution is 2.44. The lowest BCUT2D eigenvalue weighted by molar-refractivity contribution is -0.157. The first-order valence-electron chi connectivity index (χ1n) is 12.9. The lowest BCUT2D eigenvalue weighted by Gasteiger charge is -2.37. The smallest absolute Gasteiger partial charge is 0.268 e. The van der Waals surface area contributed by atoms with Crippen molar-refractivity contribution in [2.75, 3.05) is 6.61 Å². The molecule has 0 radical (unpaired) electrons. The molecule has 5 rings (SSSR count). The van der Waals surface area contributed by atoms with Gasteiger partial charge >= 0.3 is 0 Å². The molecular weight excluding hydrogens is 504 g/mol. The van der Waals surface area contributed by atoms with Crippen LogP contribution in [0.5, 0.6) is 0 Å². The Balaban J connectivity index is 1.58. The third-order valence-electron chi connectivity index (χ3n) is 8.01. The molecule has 2 fully saturated rings. The van der Waals surface area contributed by atoms with Gasteiger partial charge in [0.1, 0.15) is 12.2 Å². The number of aromatic nitrogens is 1. The Morgan fingerprint density at radius 1 is 1.00 bits per heavy atom. The van der Waals surface area contributed by atoms with E-state index >= 15 is 0 Å². The fraction of sp³-hybridized carbons (Fsp3) is 0.500.